The number of fused-ring (bicyclic) bond motifs is 1. The molecule has 1 aromatic carbocycles. The monoisotopic (exact) mass is 1160 g/mol. The number of nitrogens with one attached hydrogen (secondary N) is 8. The molecule has 0 spiro atoms. The Morgan fingerprint density at radius 2 is 1.35 bits per heavy atom. The molecule has 0 saturated carbocycles. The topological polar surface area (TPSA) is 472 Å². The molecule has 31 heteroatoms. The highest BCUT2D eigenvalue weighted by atomic mass is 33.1. The molecule has 0 aliphatic carbocycles. The molecule has 0 unspecified atom stereocenters. The van der Waals surface area contributed by atoms with E-state index in [1.54, 1.807) is 52.0 Å². The second kappa shape index (κ2) is 32.5. The highest BCUT2D eigenvalue weighted by Gasteiger charge is 2.44. The summed E-state index contributed by atoms with van der Waals surface area (Å²) in [5, 5.41) is 30.3. The molecular weight excluding hydrogens is 1080 g/mol. The molecule has 2 saturated heterocycles. The van der Waals surface area contributed by atoms with Crippen LogP contribution in [0.15, 0.2) is 34.3 Å². The lowest BCUT2D eigenvalue weighted by molar-refractivity contribution is -0.143. The lowest BCUT2D eigenvalue weighted by Crippen LogP contribution is -2.62. The minimum Gasteiger partial charge on any atom is -0.497 e. The molecule has 2 aliphatic heterocycles. The van der Waals surface area contributed by atoms with E-state index in [0.717, 1.165) is 21.6 Å². The van der Waals surface area contributed by atoms with Crippen molar-refractivity contribution in [2.75, 3.05) is 39.0 Å². The maximum atomic E-state index is 14.6. The lowest BCUT2D eigenvalue weighted by Gasteiger charge is -2.36. The number of rotatable bonds is 17. The van der Waals surface area contributed by atoms with Gasteiger partial charge in [0, 0.05) is 43.5 Å². The SMILES string of the molecule is CC[C@H](C)[C@H]1NC(=O)[C@H](NC(C)=O)C(C)(C)SSC[C@H](C(N)=O)NC(=O)[C@@H](CCCN=C(N)N)NC(=O)[C@H](Cc2ccc(OC)cc2)NC(=O)[C@@H](CC(=O)O)NC(=O)CNC(=O)[C@@H](CCCN=C(N)N)NC(=O)[C@@H]2CCCN2C1=O. The maximum absolute atomic E-state index is 14.6. The van der Waals surface area contributed by atoms with Gasteiger partial charge in [0.25, 0.3) is 0 Å². The standard InChI is InChI=1S/C49H78N16O13S2/c1-7-25(2)37-46(77)65-20-10-13-34(65)44(75)61-29(11-8-18-55-47(51)52)40(71)57-23-35(67)59-32(22-36(68)69)43(74)62-31(21-27-14-16-28(78-6)17-15-27)42(73)60-30(12-9-19-56-48(53)54)41(72)63-33(39(50)70)24-79-80-49(4,5)38(45(76)64-37)58-26(3)66/h14-17,25,29-34,37-38H,7-13,18-24H2,1-6H3,(H2,50,70)(H,57,71)(H,58,66)(H,59,67)(H,60,73)(H,61,75)(H,62,74)(H,63,72)(H,64,76)(H,68,69)(H4,51,52,55)(H4,53,54,56)/t25-,29+,30+,31-,32+,33+,34-,37+,38-/m0/s1. The Morgan fingerprint density at radius 3 is 1.90 bits per heavy atom. The number of carbonyl (C=O) groups excluding carboxylic acids is 10. The molecule has 3 rings (SSSR count). The molecule has 0 bridgehead atoms. The first-order valence-electron chi connectivity index (χ1n) is 25.9. The van der Waals surface area contributed by atoms with Gasteiger partial charge in [-0.25, -0.2) is 0 Å². The van der Waals surface area contributed by atoms with E-state index in [1.165, 1.54) is 18.9 Å². The van der Waals surface area contributed by atoms with Gasteiger partial charge in [-0.3, -0.25) is 62.7 Å². The number of aliphatic carboxylic acids is 1. The number of carbonyl (C=O) groups is 11. The summed E-state index contributed by atoms with van der Waals surface area (Å²) in [7, 11) is 3.50. The molecular formula is C49H78N16O13S2. The fourth-order valence-electron chi connectivity index (χ4n) is 8.41. The van der Waals surface area contributed by atoms with Gasteiger partial charge in [-0.1, -0.05) is 54.0 Å². The Morgan fingerprint density at radius 1 is 0.787 bits per heavy atom. The molecule has 10 amide bonds. The number of benzene rings is 1. The van der Waals surface area contributed by atoms with Crippen LogP contribution in [0.3, 0.4) is 0 Å². The van der Waals surface area contributed by atoms with Gasteiger partial charge < -0.3 is 85.9 Å². The number of ether oxygens (including phenoxy) is 1. The van der Waals surface area contributed by atoms with Crippen LogP contribution in [0.5, 0.6) is 5.75 Å². The number of primary amides is 1. The van der Waals surface area contributed by atoms with Crippen molar-refractivity contribution < 1.29 is 62.6 Å². The fourth-order valence-corrected chi connectivity index (χ4v) is 11.2. The average molecular weight is 1160 g/mol. The van der Waals surface area contributed by atoms with Crippen molar-refractivity contribution in [3.63, 3.8) is 0 Å². The zero-order valence-corrected chi connectivity index (χ0v) is 47.4. The molecule has 19 N–H and O–H groups in total. The van der Waals surface area contributed by atoms with Crippen LogP contribution in [-0.4, -0.2) is 179 Å². The number of methoxy groups -OCH3 is 1. The quantitative estimate of drug-likeness (QED) is 0.0306. The fraction of sp³-hybridized carbons (Fsp3) is 0.612. The summed E-state index contributed by atoms with van der Waals surface area (Å²) in [6, 6.07) is -4.98. The van der Waals surface area contributed by atoms with Gasteiger partial charge in [0.05, 0.1) is 20.1 Å². The Hall–Kier alpha value is -7.57. The molecule has 2 aliphatic rings. The number of amides is 10. The smallest absolute Gasteiger partial charge is 0.305 e. The third kappa shape index (κ3) is 21.9. The van der Waals surface area contributed by atoms with Gasteiger partial charge in [-0.2, -0.15) is 0 Å². The van der Waals surface area contributed by atoms with Gasteiger partial charge in [0.2, 0.25) is 59.1 Å². The minimum atomic E-state index is -1.85. The second-order valence-corrected chi connectivity index (χ2v) is 22.7. The summed E-state index contributed by atoms with van der Waals surface area (Å²) in [5.74, 6) is -11.0. The van der Waals surface area contributed by atoms with E-state index in [4.69, 9.17) is 33.4 Å². The van der Waals surface area contributed by atoms with Crippen molar-refractivity contribution in [2.45, 2.75) is 145 Å². The summed E-state index contributed by atoms with van der Waals surface area (Å²) in [6.45, 7) is 7.27. The molecule has 9 atom stereocenters. The van der Waals surface area contributed by atoms with E-state index in [9.17, 15) is 57.8 Å². The van der Waals surface area contributed by atoms with Crippen LogP contribution in [0, 0.1) is 5.92 Å². The predicted octanol–water partition coefficient (Wildman–Crippen LogP) is -3.95. The molecule has 29 nitrogen and oxygen atoms in total. The van der Waals surface area contributed by atoms with Crippen LogP contribution in [-0.2, 0) is 59.2 Å². The number of carboxylic acid groups (broad SMARTS) is 1. The summed E-state index contributed by atoms with van der Waals surface area (Å²) < 4.78 is 4.04. The molecule has 2 heterocycles. The Balaban J connectivity index is 2.18. The van der Waals surface area contributed by atoms with Crippen LogP contribution < -0.4 is 75.9 Å². The number of hydrogen-bond acceptors (Lipinski definition) is 16. The molecule has 80 heavy (non-hydrogen) atoms. The largest absolute Gasteiger partial charge is 0.497 e. The average Bonchev–Trinajstić information content (AvgIpc) is 3.89. The van der Waals surface area contributed by atoms with Crippen molar-refractivity contribution in [1.29, 1.82) is 0 Å². The first-order chi connectivity index (χ1) is 37.7. The zero-order valence-electron chi connectivity index (χ0n) is 45.8. The van der Waals surface area contributed by atoms with Gasteiger partial charge in [-0.15, -0.1) is 0 Å². The molecule has 0 radical (unpaired) electrons. The summed E-state index contributed by atoms with van der Waals surface area (Å²) in [4.78, 5) is 160. The third-order valence-electron chi connectivity index (χ3n) is 12.9. The number of guanidine groups is 2. The normalized spacial score (nSPS) is 24.6. The van der Waals surface area contributed by atoms with Crippen LogP contribution in [0.2, 0.25) is 0 Å². The van der Waals surface area contributed by atoms with Crippen LogP contribution in [0.1, 0.15) is 91.5 Å². The minimum absolute atomic E-state index is 0.00532. The van der Waals surface area contributed by atoms with Gasteiger partial charge in [-0.05, 0) is 76.0 Å². The number of hydrogen-bond donors (Lipinski definition) is 14. The van der Waals surface area contributed by atoms with Gasteiger partial charge in [0.1, 0.15) is 54.1 Å². The van der Waals surface area contributed by atoms with E-state index >= 15 is 0 Å². The highest BCUT2D eigenvalue weighted by molar-refractivity contribution is 8.77. The summed E-state index contributed by atoms with van der Waals surface area (Å²) in [5.41, 5.74) is 28.3. The van der Waals surface area contributed by atoms with Crippen molar-refractivity contribution in [2.24, 2.45) is 44.6 Å². The van der Waals surface area contributed by atoms with E-state index in [1.807, 2.05) is 0 Å². The van der Waals surface area contributed by atoms with Gasteiger partial charge in [0.15, 0.2) is 11.9 Å². The van der Waals surface area contributed by atoms with E-state index in [-0.39, 0.29) is 75.8 Å². The molecule has 2 fully saturated rings. The van der Waals surface area contributed by atoms with Crippen molar-refractivity contribution in [3.8, 4) is 5.75 Å². The Bertz CT molecular complexity index is 2440. The van der Waals surface area contributed by atoms with Crippen LogP contribution >= 0.6 is 21.6 Å². The number of nitrogens with two attached hydrogens (primary N) is 5. The van der Waals surface area contributed by atoms with Crippen LogP contribution in [0.4, 0.5) is 0 Å². The van der Waals surface area contributed by atoms with E-state index < -0.39 is 137 Å². The van der Waals surface area contributed by atoms with Crippen molar-refractivity contribution in [3.05, 3.63) is 29.8 Å². The Kier molecular flexibility index (Phi) is 27.1. The number of aliphatic imine (C=N–C) groups is 2. The summed E-state index contributed by atoms with van der Waals surface area (Å²) >= 11 is 0. The van der Waals surface area contributed by atoms with E-state index in [0.29, 0.717) is 24.2 Å². The van der Waals surface area contributed by atoms with E-state index in [2.05, 4.69) is 52.5 Å². The van der Waals surface area contributed by atoms with Gasteiger partial charge >= 0.3 is 5.97 Å². The van der Waals surface area contributed by atoms with Crippen molar-refractivity contribution in [1.82, 2.24) is 47.4 Å². The third-order valence-corrected chi connectivity index (χ3v) is 16.2. The molecule has 1 aromatic rings. The number of nitrogens with zero attached hydrogens (tertiary/aromatic N) is 3. The zero-order chi connectivity index (χ0) is 59.9. The molecule has 0 aromatic heterocycles. The second-order valence-electron chi connectivity index (χ2n) is 19.7. The number of carboxylic acids is 1. The lowest BCUT2D eigenvalue weighted by atomic mass is 9.95. The van der Waals surface area contributed by atoms with Crippen LogP contribution in [0.25, 0.3) is 0 Å². The molecule has 444 valence electrons. The Labute approximate surface area is 471 Å². The highest BCUT2D eigenvalue weighted by Crippen LogP contribution is 2.39. The maximum Gasteiger partial charge on any atom is 0.305 e. The summed E-state index contributed by atoms with van der Waals surface area (Å²) in [6.07, 6.45) is -0.337. The first-order valence-corrected chi connectivity index (χ1v) is 28.2. The first kappa shape index (κ1) is 66.7. The van der Waals surface area contributed by atoms with Crippen molar-refractivity contribution >= 4 is 98.5 Å². The predicted molar refractivity (Wildman–Crippen MR) is 298 cm³/mol.